The van der Waals surface area contributed by atoms with Gasteiger partial charge in [0.15, 0.2) is 5.65 Å². The zero-order valence-corrected chi connectivity index (χ0v) is 13.1. The summed E-state index contributed by atoms with van der Waals surface area (Å²) >= 11 is 0. The summed E-state index contributed by atoms with van der Waals surface area (Å²) in [5.74, 6) is 1.00. The van der Waals surface area contributed by atoms with Gasteiger partial charge in [0.1, 0.15) is 5.82 Å². The number of hydrogen-bond donors (Lipinski definition) is 2. The number of anilines is 3. The van der Waals surface area contributed by atoms with Gasteiger partial charge < -0.3 is 11.1 Å². The van der Waals surface area contributed by atoms with Crippen molar-refractivity contribution in [3.8, 4) is 0 Å². The summed E-state index contributed by atoms with van der Waals surface area (Å²) in [6, 6.07) is 8.37. The van der Waals surface area contributed by atoms with Crippen molar-refractivity contribution in [1.82, 2.24) is 14.6 Å². The Bertz CT molecular complexity index is 866. The third-order valence-electron chi connectivity index (χ3n) is 3.66. The minimum atomic E-state index is -4.36. The highest BCUT2D eigenvalue weighted by Gasteiger charge is 2.29. The summed E-state index contributed by atoms with van der Waals surface area (Å²) in [5.41, 5.74) is 7.37. The first-order chi connectivity index (χ1) is 11.3. The van der Waals surface area contributed by atoms with E-state index in [4.69, 9.17) is 5.73 Å². The zero-order chi connectivity index (χ0) is 17.5. The molecule has 0 aliphatic rings. The number of halogens is 3. The van der Waals surface area contributed by atoms with Gasteiger partial charge in [0, 0.05) is 5.69 Å². The number of aromatic nitrogens is 3. The average Bonchev–Trinajstić information content (AvgIpc) is 2.90. The van der Waals surface area contributed by atoms with Crippen LogP contribution in [-0.4, -0.2) is 14.6 Å². The van der Waals surface area contributed by atoms with Gasteiger partial charge in [0.2, 0.25) is 5.95 Å². The van der Waals surface area contributed by atoms with E-state index in [1.807, 2.05) is 19.9 Å². The van der Waals surface area contributed by atoms with Crippen molar-refractivity contribution in [3.63, 3.8) is 0 Å². The predicted octanol–water partition coefficient (Wildman–Crippen LogP) is 4.20. The number of nitrogens with one attached hydrogen (secondary N) is 1. The number of pyridine rings is 1. The first kappa shape index (κ1) is 16.1. The molecule has 8 heteroatoms. The fraction of sp³-hybridized carbons (Fsp3) is 0.250. The van der Waals surface area contributed by atoms with Crippen LogP contribution < -0.4 is 11.1 Å². The molecule has 0 spiro atoms. The van der Waals surface area contributed by atoms with Gasteiger partial charge in [-0.05, 0) is 41.8 Å². The summed E-state index contributed by atoms with van der Waals surface area (Å²) < 4.78 is 39.2. The van der Waals surface area contributed by atoms with Crippen molar-refractivity contribution in [2.24, 2.45) is 0 Å². The average molecular weight is 335 g/mol. The van der Waals surface area contributed by atoms with Crippen LogP contribution in [0.25, 0.3) is 5.65 Å². The molecule has 0 fully saturated rings. The summed E-state index contributed by atoms with van der Waals surface area (Å²) in [6.07, 6.45) is -4.36. The van der Waals surface area contributed by atoms with Crippen LogP contribution in [0.3, 0.4) is 0 Å². The van der Waals surface area contributed by atoms with Crippen LogP contribution >= 0.6 is 0 Å². The van der Waals surface area contributed by atoms with Crippen LogP contribution in [0.1, 0.15) is 30.9 Å². The van der Waals surface area contributed by atoms with Crippen molar-refractivity contribution >= 4 is 23.1 Å². The summed E-state index contributed by atoms with van der Waals surface area (Å²) in [7, 11) is 0. The maximum absolute atomic E-state index is 12.6. The standard InChI is InChI=1S/C16H16F3N5/c1-9(2)12-7-8-13-22-15(23-24(13)14(12)20)21-11-5-3-10(4-6-11)16(17,18)19/h3-9H,20H2,1-2H3,(H,21,23). The quantitative estimate of drug-likeness (QED) is 0.753. The molecule has 0 saturated carbocycles. The fourth-order valence-corrected chi connectivity index (χ4v) is 2.39. The van der Waals surface area contributed by atoms with Crippen molar-refractivity contribution in [3.05, 3.63) is 47.5 Å². The van der Waals surface area contributed by atoms with E-state index in [1.165, 1.54) is 16.6 Å². The van der Waals surface area contributed by atoms with E-state index in [-0.39, 0.29) is 11.9 Å². The largest absolute Gasteiger partial charge is 0.416 e. The number of fused-ring (bicyclic) bond motifs is 1. The first-order valence-electron chi connectivity index (χ1n) is 7.35. The lowest BCUT2D eigenvalue weighted by Gasteiger charge is -2.09. The van der Waals surface area contributed by atoms with E-state index >= 15 is 0 Å². The lowest BCUT2D eigenvalue weighted by Crippen LogP contribution is -2.05. The number of alkyl halides is 3. The molecule has 2 heterocycles. The van der Waals surface area contributed by atoms with Crippen LogP contribution in [0.2, 0.25) is 0 Å². The number of nitrogen functional groups attached to an aromatic ring is 1. The molecule has 3 rings (SSSR count). The molecule has 0 saturated heterocycles. The van der Waals surface area contributed by atoms with Crippen molar-refractivity contribution < 1.29 is 13.2 Å². The normalized spacial score (nSPS) is 12.1. The summed E-state index contributed by atoms with van der Waals surface area (Å²) in [6.45, 7) is 4.05. The number of rotatable bonds is 3. The number of hydrogen-bond acceptors (Lipinski definition) is 4. The molecule has 3 aromatic rings. The van der Waals surface area contributed by atoms with Crippen molar-refractivity contribution in [2.75, 3.05) is 11.1 Å². The van der Waals surface area contributed by atoms with Crippen LogP contribution in [0.15, 0.2) is 36.4 Å². The highest BCUT2D eigenvalue weighted by Crippen LogP contribution is 2.30. The van der Waals surface area contributed by atoms with Gasteiger partial charge >= 0.3 is 6.18 Å². The lowest BCUT2D eigenvalue weighted by atomic mass is 10.0. The Morgan fingerprint density at radius 3 is 2.33 bits per heavy atom. The Balaban J connectivity index is 1.89. The van der Waals surface area contributed by atoms with Gasteiger partial charge in [-0.2, -0.15) is 22.7 Å². The number of nitrogens with two attached hydrogens (primary N) is 1. The minimum absolute atomic E-state index is 0.241. The van der Waals surface area contributed by atoms with Crippen LogP contribution in [0.4, 0.5) is 30.6 Å². The van der Waals surface area contributed by atoms with Gasteiger partial charge in [-0.1, -0.05) is 19.9 Å². The second kappa shape index (κ2) is 5.70. The molecule has 0 bridgehead atoms. The van der Waals surface area contributed by atoms with Gasteiger partial charge in [0.05, 0.1) is 5.56 Å². The molecule has 0 aliphatic carbocycles. The summed E-state index contributed by atoms with van der Waals surface area (Å²) in [4.78, 5) is 4.28. The zero-order valence-electron chi connectivity index (χ0n) is 13.1. The minimum Gasteiger partial charge on any atom is -0.383 e. The van der Waals surface area contributed by atoms with Gasteiger partial charge in [-0.15, -0.1) is 5.10 Å². The van der Waals surface area contributed by atoms with Crippen molar-refractivity contribution in [2.45, 2.75) is 25.9 Å². The fourth-order valence-electron chi connectivity index (χ4n) is 2.39. The first-order valence-corrected chi connectivity index (χ1v) is 7.35. The summed E-state index contributed by atoms with van der Waals surface area (Å²) in [5, 5.41) is 7.15. The van der Waals surface area contributed by atoms with E-state index in [0.717, 1.165) is 17.7 Å². The predicted molar refractivity (Wildman–Crippen MR) is 86.2 cm³/mol. The van der Waals surface area contributed by atoms with E-state index in [2.05, 4.69) is 15.4 Å². The molecule has 0 radical (unpaired) electrons. The van der Waals surface area contributed by atoms with Crippen LogP contribution in [0.5, 0.6) is 0 Å². The third-order valence-corrected chi connectivity index (χ3v) is 3.66. The molecule has 24 heavy (non-hydrogen) atoms. The molecule has 126 valence electrons. The smallest absolute Gasteiger partial charge is 0.383 e. The molecule has 3 N–H and O–H groups in total. The molecule has 2 aromatic heterocycles. The maximum atomic E-state index is 12.6. The van der Waals surface area contributed by atoms with E-state index in [0.29, 0.717) is 17.2 Å². The second-order valence-electron chi connectivity index (χ2n) is 5.73. The molecule has 1 aromatic carbocycles. The van der Waals surface area contributed by atoms with E-state index < -0.39 is 11.7 Å². The Labute approximate surface area is 136 Å². The second-order valence-corrected chi connectivity index (χ2v) is 5.73. The van der Waals surface area contributed by atoms with Crippen LogP contribution in [-0.2, 0) is 6.18 Å². The molecular formula is C16H16F3N5. The highest BCUT2D eigenvalue weighted by molar-refractivity contribution is 5.59. The van der Waals surface area contributed by atoms with Gasteiger partial charge in [-0.25, -0.2) is 0 Å². The molecular weight excluding hydrogens is 319 g/mol. The lowest BCUT2D eigenvalue weighted by molar-refractivity contribution is -0.137. The third kappa shape index (κ3) is 2.99. The Kier molecular flexibility index (Phi) is 3.82. The van der Waals surface area contributed by atoms with Crippen molar-refractivity contribution in [1.29, 1.82) is 0 Å². The topological polar surface area (TPSA) is 68.2 Å². The van der Waals surface area contributed by atoms with E-state index in [9.17, 15) is 13.2 Å². The van der Waals surface area contributed by atoms with Gasteiger partial charge in [0.25, 0.3) is 0 Å². The molecule has 0 aliphatic heterocycles. The SMILES string of the molecule is CC(C)c1ccc2nc(Nc3ccc(C(F)(F)F)cc3)nn2c1N. The maximum Gasteiger partial charge on any atom is 0.416 e. The van der Waals surface area contributed by atoms with E-state index in [1.54, 1.807) is 6.07 Å². The number of nitrogens with zero attached hydrogens (tertiary/aromatic N) is 3. The van der Waals surface area contributed by atoms with Gasteiger partial charge in [-0.3, -0.25) is 0 Å². The molecule has 0 amide bonds. The monoisotopic (exact) mass is 335 g/mol. The molecule has 5 nitrogen and oxygen atoms in total. The molecule has 0 atom stereocenters. The highest BCUT2D eigenvalue weighted by atomic mass is 19.4. The Morgan fingerprint density at radius 1 is 1.08 bits per heavy atom. The molecule has 0 unspecified atom stereocenters. The van der Waals surface area contributed by atoms with Crippen LogP contribution in [0, 0.1) is 0 Å². The Morgan fingerprint density at radius 2 is 1.75 bits per heavy atom. The Hall–Kier alpha value is -2.77. The number of benzene rings is 1.